The van der Waals surface area contributed by atoms with Crippen LogP contribution in [-0.4, -0.2) is 51.9 Å². The average Bonchev–Trinajstić information content (AvgIpc) is 3.01. The van der Waals surface area contributed by atoms with E-state index in [4.69, 9.17) is 0 Å². The minimum Gasteiger partial charge on any atom is -0.337 e. The Morgan fingerprint density at radius 1 is 1.25 bits per heavy atom. The van der Waals surface area contributed by atoms with Crippen molar-refractivity contribution in [2.24, 2.45) is 18.0 Å². The van der Waals surface area contributed by atoms with E-state index in [1.165, 1.54) is 10.5 Å². The van der Waals surface area contributed by atoms with Gasteiger partial charge in [-0.3, -0.25) is 14.4 Å². The maximum Gasteiger partial charge on any atom is 0.262 e. The molecule has 0 N–H and O–H groups in total. The Kier molecular flexibility index (Phi) is 5.85. The Morgan fingerprint density at radius 3 is 2.50 bits per heavy atom. The summed E-state index contributed by atoms with van der Waals surface area (Å²) >= 11 is 0. The highest BCUT2D eigenvalue weighted by molar-refractivity contribution is 7.89. The number of carbonyl (C=O) groups is 1. The lowest BCUT2D eigenvalue weighted by Crippen LogP contribution is -2.42. The SMILES string of the molecule is Cc1nc(S(=O)(=O)N2CCC(C(=O)n3ccccc3=NC(C)C)CC2)cn1C. The van der Waals surface area contributed by atoms with Crippen LogP contribution in [0.1, 0.15) is 37.3 Å². The van der Waals surface area contributed by atoms with Crippen LogP contribution in [0.15, 0.2) is 40.6 Å². The van der Waals surface area contributed by atoms with Crippen molar-refractivity contribution < 1.29 is 13.2 Å². The average molecular weight is 406 g/mol. The molecule has 1 fully saturated rings. The Morgan fingerprint density at radius 2 is 1.93 bits per heavy atom. The van der Waals surface area contributed by atoms with E-state index in [9.17, 15) is 13.2 Å². The molecule has 3 heterocycles. The van der Waals surface area contributed by atoms with Crippen LogP contribution in [0.5, 0.6) is 0 Å². The highest BCUT2D eigenvalue weighted by atomic mass is 32.2. The third-order valence-corrected chi connectivity index (χ3v) is 6.73. The van der Waals surface area contributed by atoms with Crippen LogP contribution in [0.3, 0.4) is 0 Å². The number of hydrogen-bond acceptors (Lipinski definition) is 5. The lowest BCUT2D eigenvalue weighted by atomic mass is 9.97. The lowest BCUT2D eigenvalue weighted by Gasteiger charge is -2.30. The van der Waals surface area contributed by atoms with Gasteiger partial charge in [-0.25, -0.2) is 13.4 Å². The van der Waals surface area contributed by atoms with Crippen molar-refractivity contribution in [3.05, 3.63) is 41.9 Å². The molecule has 0 aromatic carbocycles. The fourth-order valence-corrected chi connectivity index (χ4v) is 4.81. The maximum absolute atomic E-state index is 13.0. The molecule has 1 saturated heterocycles. The molecule has 2 aromatic rings. The van der Waals surface area contributed by atoms with Gasteiger partial charge in [-0.05, 0) is 45.7 Å². The van der Waals surface area contributed by atoms with E-state index < -0.39 is 10.0 Å². The van der Waals surface area contributed by atoms with Gasteiger partial charge in [0.1, 0.15) is 11.3 Å². The normalized spacial score (nSPS) is 17.4. The number of aryl methyl sites for hydroxylation is 2. The molecule has 0 amide bonds. The molecule has 0 radical (unpaired) electrons. The largest absolute Gasteiger partial charge is 0.337 e. The summed E-state index contributed by atoms with van der Waals surface area (Å²) in [6.07, 6.45) is 4.21. The molecule has 28 heavy (non-hydrogen) atoms. The molecule has 1 aliphatic heterocycles. The van der Waals surface area contributed by atoms with Gasteiger partial charge in [-0.2, -0.15) is 4.31 Å². The first-order valence-electron chi connectivity index (χ1n) is 9.46. The number of rotatable bonds is 4. The second-order valence-electron chi connectivity index (χ2n) is 7.41. The molecule has 2 aromatic heterocycles. The number of pyridine rings is 1. The van der Waals surface area contributed by atoms with Gasteiger partial charge in [0, 0.05) is 44.5 Å². The minimum atomic E-state index is -3.64. The number of sulfonamides is 1. The molecule has 0 bridgehead atoms. The first-order valence-corrected chi connectivity index (χ1v) is 10.9. The Labute approximate surface area is 165 Å². The highest BCUT2D eigenvalue weighted by Crippen LogP contribution is 2.24. The van der Waals surface area contributed by atoms with Crippen LogP contribution in [-0.2, 0) is 17.1 Å². The summed E-state index contributed by atoms with van der Waals surface area (Å²) in [6, 6.07) is 5.56. The molecule has 8 nitrogen and oxygen atoms in total. The molecule has 9 heteroatoms. The molecule has 0 saturated carbocycles. The zero-order chi connectivity index (χ0) is 20.5. The predicted octanol–water partition coefficient (Wildman–Crippen LogP) is 1.58. The number of aromatic nitrogens is 3. The van der Waals surface area contributed by atoms with Crippen LogP contribution in [0, 0.1) is 12.8 Å². The van der Waals surface area contributed by atoms with E-state index >= 15 is 0 Å². The van der Waals surface area contributed by atoms with Crippen molar-refractivity contribution in [3.63, 3.8) is 0 Å². The quantitative estimate of drug-likeness (QED) is 0.772. The van der Waals surface area contributed by atoms with Crippen LogP contribution in [0.4, 0.5) is 0 Å². The second kappa shape index (κ2) is 8.00. The topological polar surface area (TPSA) is 89.6 Å². The Balaban J connectivity index is 1.75. The zero-order valence-corrected chi connectivity index (χ0v) is 17.6. The number of piperidine rings is 1. The summed E-state index contributed by atoms with van der Waals surface area (Å²) in [7, 11) is -1.87. The van der Waals surface area contributed by atoms with Gasteiger partial charge in [-0.15, -0.1) is 0 Å². The predicted molar refractivity (Wildman–Crippen MR) is 105 cm³/mol. The molecular formula is C19H27N5O3S. The van der Waals surface area contributed by atoms with E-state index in [2.05, 4.69) is 9.98 Å². The van der Waals surface area contributed by atoms with E-state index in [0.717, 1.165) is 0 Å². The summed E-state index contributed by atoms with van der Waals surface area (Å²) in [5.41, 5.74) is 0.626. The van der Waals surface area contributed by atoms with Gasteiger partial charge in [0.05, 0.1) is 0 Å². The van der Waals surface area contributed by atoms with Crippen molar-refractivity contribution in [2.75, 3.05) is 13.1 Å². The summed E-state index contributed by atoms with van der Waals surface area (Å²) < 4.78 is 30.3. The lowest BCUT2D eigenvalue weighted by molar-refractivity contribution is 0.0781. The van der Waals surface area contributed by atoms with Crippen LogP contribution in [0.2, 0.25) is 0 Å². The number of carbonyl (C=O) groups excluding carboxylic acids is 1. The number of hydrogen-bond donors (Lipinski definition) is 0. The molecule has 0 atom stereocenters. The van der Waals surface area contributed by atoms with Crippen molar-refractivity contribution in [3.8, 4) is 0 Å². The van der Waals surface area contributed by atoms with Gasteiger partial charge in [0.2, 0.25) is 5.91 Å². The van der Waals surface area contributed by atoms with Gasteiger partial charge in [-0.1, -0.05) is 6.07 Å². The molecule has 1 aliphatic rings. The summed E-state index contributed by atoms with van der Waals surface area (Å²) in [6.45, 7) is 6.30. The first-order chi connectivity index (χ1) is 13.2. The third kappa shape index (κ3) is 4.10. The maximum atomic E-state index is 13.0. The number of imidazole rings is 1. The first kappa shape index (κ1) is 20.5. The molecule has 0 aliphatic carbocycles. The Hall–Kier alpha value is -2.26. The smallest absolute Gasteiger partial charge is 0.262 e. The van der Waals surface area contributed by atoms with E-state index in [-0.39, 0.29) is 22.9 Å². The van der Waals surface area contributed by atoms with Gasteiger partial charge >= 0.3 is 0 Å². The van der Waals surface area contributed by atoms with E-state index in [1.54, 1.807) is 35.4 Å². The monoisotopic (exact) mass is 405 g/mol. The van der Waals surface area contributed by atoms with Gasteiger partial charge < -0.3 is 4.57 Å². The third-order valence-electron chi connectivity index (χ3n) is 4.96. The van der Waals surface area contributed by atoms with Crippen molar-refractivity contribution in [1.82, 2.24) is 18.4 Å². The summed E-state index contributed by atoms with van der Waals surface area (Å²) in [5.74, 6) is 0.377. The second-order valence-corrected chi connectivity index (χ2v) is 9.29. The standard InChI is InChI=1S/C19H27N5O3S/c1-14(2)20-17-7-5-6-10-24(17)19(25)16-8-11-23(12-9-16)28(26,27)18-13-22(4)15(3)21-18/h5-7,10,13-14,16H,8-9,11-12H2,1-4H3. The summed E-state index contributed by atoms with van der Waals surface area (Å²) in [5, 5.41) is 0.0627. The fourth-order valence-electron chi connectivity index (χ4n) is 3.31. The number of nitrogens with zero attached hydrogens (tertiary/aromatic N) is 5. The molecule has 152 valence electrons. The van der Waals surface area contributed by atoms with Crippen molar-refractivity contribution in [2.45, 2.75) is 44.7 Å². The van der Waals surface area contributed by atoms with Gasteiger partial charge in [0.15, 0.2) is 5.03 Å². The van der Waals surface area contributed by atoms with E-state index in [0.29, 0.717) is 37.2 Å². The zero-order valence-electron chi connectivity index (χ0n) is 16.7. The van der Waals surface area contributed by atoms with E-state index in [1.807, 2.05) is 26.0 Å². The van der Waals surface area contributed by atoms with Crippen LogP contribution < -0.4 is 5.49 Å². The van der Waals surface area contributed by atoms with Crippen molar-refractivity contribution >= 4 is 15.9 Å². The molecular weight excluding hydrogens is 378 g/mol. The fraction of sp³-hybridized carbons (Fsp3) is 0.526. The molecule has 3 rings (SSSR count). The highest BCUT2D eigenvalue weighted by Gasteiger charge is 2.34. The summed E-state index contributed by atoms with van der Waals surface area (Å²) in [4.78, 5) is 21.6. The molecule has 0 spiro atoms. The van der Waals surface area contributed by atoms with Gasteiger partial charge in [0.25, 0.3) is 10.0 Å². The Bertz CT molecular complexity index is 1010. The van der Waals surface area contributed by atoms with Crippen LogP contribution >= 0.6 is 0 Å². The minimum absolute atomic E-state index is 0.0364. The van der Waals surface area contributed by atoms with Crippen molar-refractivity contribution in [1.29, 1.82) is 0 Å². The van der Waals surface area contributed by atoms with Crippen LogP contribution in [0.25, 0.3) is 0 Å². The molecule has 0 unspecified atom stereocenters.